The monoisotopic (exact) mass is 298 g/mol. The standard InChI is InChI=1S/C17H30O4/c1-5-13(2)11-14(3)7-6-9-17(4,21)10-8-15(18)12-16(19)20/h5-7,14-15,18,21H,8-12H2,1-4H3,(H,19,20). The Labute approximate surface area is 128 Å². The van der Waals surface area contributed by atoms with Crippen molar-refractivity contribution in [3.8, 4) is 0 Å². The number of hydrogen-bond donors (Lipinski definition) is 3. The molecule has 0 aromatic heterocycles. The maximum atomic E-state index is 10.5. The normalized spacial score (nSPS) is 18.5. The molecule has 3 atom stereocenters. The molecule has 21 heavy (non-hydrogen) atoms. The fraction of sp³-hybridized carbons (Fsp3) is 0.706. The van der Waals surface area contributed by atoms with Gasteiger partial charge < -0.3 is 15.3 Å². The van der Waals surface area contributed by atoms with Crippen molar-refractivity contribution in [3.05, 3.63) is 23.8 Å². The van der Waals surface area contributed by atoms with Gasteiger partial charge in [-0.2, -0.15) is 0 Å². The average molecular weight is 298 g/mol. The molecule has 4 nitrogen and oxygen atoms in total. The van der Waals surface area contributed by atoms with Crippen molar-refractivity contribution in [1.29, 1.82) is 0 Å². The van der Waals surface area contributed by atoms with Crippen molar-refractivity contribution in [3.63, 3.8) is 0 Å². The lowest BCUT2D eigenvalue weighted by Gasteiger charge is -2.23. The summed E-state index contributed by atoms with van der Waals surface area (Å²) in [6.07, 6.45) is 7.18. The third kappa shape index (κ3) is 11.2. The molecular weight excluding hydrogens is 268 g/mol. The van der Waals surface area contributed by atoms with E-state index in [-0.39, 0.29) is 6.42 Å². The Morgan fingerprint density at radius 2 is 1.95 bits per heavy atom. The van der Waals surface area contributed by atoms with Gasteiger partial charge in [0.2, 0.25) is 0 Å². The number of hydrogen-bond acceptors (Lipinski definition) is 3. The number of carboxylic acids is 1. The van der Waals surface area contributed by atoms with E-state index >= 15 is 0 Å². The van der Waals surface area contributed by atoms with Gasteiger partial charge in [0.05, 0.1) is 18.1 Å². The zero-order valence-electron chi connectivity index (χ0n) is 13.7. The van der Waals surface area contributed by atoms with Crippen molar-refractivity contribution < 1.29 is 20.1 Å². The molecule has 0 saturated carbocycles. The summed E-state index contributed by atoms with van der Waals surface area (Å²) in [5.74, 6) is -0.593. The first-order valence-electron chi connectivity index (χ1n) is 7.57. The molecule has 0 aromatic rings. The zero-order valence-corrected chi connectivity index (χ0v) is 13.7. The van der Waals surface area contributed by atoms with E-state index in [2.05, 4.69) is 26.0 Å². The highest BCUT2D eigenvalue weighted by atomic mass is 16.4. The topological polar surface area (TPSA) is 77.8 Å². The zero-order chi connectivity index (χ0) is 16.5. The van der Waals surface area contributed by atoms with Gasteiger partial charge in [-0.1, -0.05) is 30.7 Å². The molecule has 3 unspecified atom stereocenters. The molecule has 4 heteroatoms. The first-order chi connectivity index (χ1) is 9.66. The molecule has 0 radical (unpaired) electrons. The Morgan fingerprint density at radius 1 is 1.33 bits per heavy atom. The lowest BCUT2D eigenvalue weighted by molar-refractivity contribution is -0.139. The summed E-state index contributed by atoms with van der Waals surface area (Å²) >= 11 is 0. The molecule has 0 bridgehead atoms. The molecule has 0 aliphatic carbocycles. The van der Waals surface area contributed by atoms with Crippen LogP contribution in [-0.2, 0) is 4.79 Å². The fourth-order valence-electron chi connectivity index (χ4n) is 2.13. The van der Waals surface area contributed by atoms with Crippen molar-refractivity contribution >= 4 is 5.97 Å². The highest BCUT2D eigenvalue weighted by molar-refractivity contribution is 5.67. The quantitative estimate of drug-likeness (QED) is 0.541. The number of aliphatic carboxylic acids is 1. The second kappa shape index (κ2) is 9.74. The summed E-state index contributed by atoms with van der Waals surface area (Å²) in [7, 11) is 0. The summed E-state index contributed by atoms with van der Waals surface area (Å²) in [5.41, 5.74) is 0.432. The minimum atomic E-state index is -1.02. The van der Waals surface area contributed by atoms with Gasteiger partial charge in [-0.15, -0.1) is 0 Å². The van der Waals surface area contributed by atoms with Crippen LogP contribution in [0.1, 0.15) is 59.8 Å². The average Bonchev–Trinajstić information content (AvgIpc) is 2.35. The van der Waals surface area contributed by atoms with E-state index in [9.17, 15) is 15.0 Å². The van der Waals surface area contributed by atoms with E-state index in [0.29, 0.717) is 25.2 Å². The summed E-state index contributed by atoms with van der Waals surface area (Å²) < 4.78 is 0. The predicted molar refractivity (Wildman–Crippen MR) is 85.1 cm³/mol. The Bertz CT molecular complexity index is 369. The SMILES string of the molecule is CC=C(C)CC(C)C=CCC(C)(O)CCC(O)CC(=O)O. The van der Waals surface area contributed by atoms with Crippen LogP contribution in [0.3, 0.4) is 0 Å². The molecule has 0 aromatic carbocycles. The number of aliphatic hydroxyl groups excluding tert-OH is 1. The number of carbonyl (C=O) groups is 1. The summed E-state index contributed by atoms with van der Waals surface area (Å²) in [6, 6.07) is 0. The fourth-order valence-corrected chi connectivity index (χ4v) is 2.13. The largest absolute Gasteiger partial charge is 0.481 e. The number of rotatable bonds is 10. The minimum Gasteiger partial charge on any atom is -0.481 e. The van der Waals surface area contributed by atoms with Crippen LogP contribution >= 0.6 is 0 Å². The van der Waals surface area contributed by atoms with Crippen LogP contribution in [0.2, 0.25) is 0 Å². The van der Waals surface area contributed by atoms with E-state index in [1.165, 1.54) is 5.57 Å². The van der Waals surface area contributed by atoms with Crippen LogP contribution in [0.15, 0.2) is 23.8 Å². The van der Waals surface area contributed by atoms with Gasteiger partial charge >= 0.3 is 5.97 Å². The maximum Gasteiger partial charge on any atom is 0.305 e. The van der Waals surface area contributed by atoms with Crippen LogP contribution in [0, 0.1) is 5.92 Å². The predicted octanol–water partition coefficient (Wildman–Crippen LogP) is 3.29. The van der Waals surface area contributed by atoms with Gasteiger partial charge in [0.25, 0.3) is 0 Å². The van der Waals surface area contributed by atoms with Gasteiger partial charge in [0, 0.05) is 0 Å². The van der Waals surface area contributed by atoms with Gasteiger partial charge in [0.1, 0.15) is 0 Å². The van der Waals surface area contributed by atoms with Gasteiger partial charge in [-0.05, 0) is 52.4 Å². The Morgan fingerprint density at radius 3 is 2.48 bits per heavy atom. The Kier molecular flexibility index (Phi) is 9.22. The first kappa shape index (κ1) is 19.9. The maximum absolute atomic E-state index is 10.5. The van der Waals surface area contributed by atoms with Crippen LogP contribution in [0.4, 0.5) is 0 Å². The van der Waals surface area contributed by atoms with Crippen LogP contribution in [0.5, 0.6) is 0 Å². The summed E-state index contributed by atoms with van der Waals surface area (Å²) in [6.45, 7) is 7.98. The molecule has 0 amide bonds. The molecule has 0 aliphatic heterocycles. The summed E-state index contributed by atoms with van der Waals surface area (Å²) in [4.78, 5) is 10.5. The number of allylic oxidation sites excluding steroid dienone is 3. The van der Waals surface area contributed by atoms with Gasteiger partial charge in [-0.3, -0.25) is 4.79 Å². The van der Waals surface area contributed by atoms with Crippen LogP contribution in [-0.4, -0.2) is 33.0 Å². The molecule has 0 saturated heterocycles. The molecule has 0 fully saturated rings. The number of aliphatic hydroxyl groups is 2. The molecule has 0 aliphatic rings. The van der Waals surface area contributed by atoms with Crippen molar-refractivity contribution in [1.82, 2.24) is 0 Å². The van der Waals surface area contributed by atoms with Gasteiger partial charge in [0.15, 0.2) is 0 Å². The van der Waals surface area contributed by atoms with Crippen molar-refractivity contribution in [2.45, 2.75) is 71.5 Å². The molecular formula is C17H30O4. The van der Waals surface area contributed by atoms with E-state index < -0.39 is 17.7 Å². The highest BCUT2D eigenvalue weighted by Gasteiger charge is 2.21. The molecule has 122 valence electrons. The lowest BCUT2D eigenvalue weighted by Crippen LogP contribution is -2.26. The summed E-state index contributed by atoms with van der Waals surface area (Å²) in [5, 5.41) is 28.3. The Balaban J connectivity index is 4.14. The third-order valence-corrected chi connectivity index (χ3v) is 3.59. The van der Waals surface area contributed by atoms with Crippen LogP contribution in [0.25, 0.3) is 0 Å². The second-order valence-corrected chi connectivity index (χ2v) is 6.24. The van der Waals surface area contributed by atoms with Crippen molar-refractivity contribution in [2.24, 2.45) is 5.92 Å². The highest BCUT2D eigenvalue weighted by Crippen LogP contribution is 2.20. The third-order valence-electron chi connectivity index (χ3n) is 3.59. The number of carboxylic acid groups (broad SMARTS) is 1. The lowest BCUT2D eigenvalue weighted by atomic mass is 9.92. The second-order valence-electron chi connectivity index (χ2n) is 6.24. The molecule has 0 heterocycles. The first-order valence-corrected chi connectivity index (χ1v) is 7.57. The van der Waals surface area contributed by atoms with Gasteiger partial charge in [-0.25, -0.2) is 0 Å². The minimum absolute atomic E-state index is 0.272. The van der Waals surface area contributed by atoms with E-state index in [4.69, 9.17) is 5.11 Å². The molecule has 3 N–H and O–H groups in total. The smallest absolute Gasteiger partial charge is 0.305 e. The Hall–Kier alpha value is -1.13. The van der Waals surface area contributed by atoms with E-state index in [1.807, 2.05) is 13.0 Å². The van der Waals surface area contributed by atoms with E-state index in [0.717, 1.165) is 6.42 Å². The van der Waals surface area contributed by atoms with E-state index in [1.54, 1.807) is 6.92 Å². The molecule has 0 spiro atoms. The van der Waals surface area contributed by atoms with Crippen molar-refractivity contribution in [2.75, 3.05) is 0 Å². The molecule has 0 rings (SSSR count). The van der Waals surface area contributed by atoms with Crippen LogP contribution < -0.4 is 0 Å².